The molecule has 92 valence electrons. The molecule has 0 saturated heterocycles. The summed E-state index contributed by atoms with van der Waals surface area (Å²) in [6, 6.07) is 8.76. The van der Waals surface area contributed by atoms with Crippen molar-refractivity contribution in [2.75, 3.05) is 11.1 Å². The molecule has 0 atom stereocenters. The quantitative estimate of drug-likeness (QED) is 0.795. The zero-order valence-corrected chi connectivity index (χ0v) is 12.3. The van der Waals surface area contributed by atoms with Gasteiger partial charge in [-0.15, -0.1) is 0 Å². The van der Waals surface area contributed by atoms with Crippen molar-refractivity contribution in [3.05, 3.63) is 51.2 Å². The summed E-state index contributed by atoms with van der Waals surface area (Å²) in [5, 5.41) is 2.72. The van der Waals surface area contributed by atoms with E-state index in [0.717, 1.165) is 4.47 Å². The zero-order valence-electron chi connectivity index (χ0n) is 9.15. The highest BCUT2D eigenvalue weighted by atomic mass is 79.9. The second-order valence-electron chi connectivity index (χ2n) is 3.52. The molecule has 0 aliphatic carbocycles. The summed E-state index contributed by atoms with van der Waals surface area (Å²) in [5.41, 5.74) is 7.18. The maximum atomic E-state index is 12.0. The Hall–Kier alpha value is -1.40. The highest BCUT2D eigenvalue weighted by molar-refractivity contribution is 9.10. The average molecular weight is 371 g/mol. The van der Waals surface area contributed by atoms with E-state index in [0.29, 0.717) is 21.5 Å². The van der Waals surface area contributed by atoms with Crippen molar-refractivity contribution in [3.63, 3.8) is 0 Å². The van der Waals surface area contributed by atoms with Gasteiger partial charge < -0.3 is 11.1 Å². The van der Waals surface area contributed by atoms with Crippen LogP contribution in [0.5, 0.6) is 0 Å². The van der Waals surface area contributed by atoms with Crippen LogP contribution in [0.1, 0.15) is 10.5 Å². The monoisotopic (exact) mass is 369 g/mol. The Morgan fingerprint density at radius 1 is 1.28 bits per heavy atom. The molecule has 6 heteroatoms. The van der Waals surface area contributed by atoms with E-state index in [-0.39, 0.29) is 5.91 Å². The third-order valence-electron chi connectivity index (χ3n) is 2.24. The number of benzene rings is 1. The minimum Gasteiger partial charge on any atom is -0.397 e. The average Bonchev–Trinajstić information content (AvgIpc) is 2.33. The smallest absolute Gasteiger partial charge is 0.275 e. The number of halogens is 2. The number of carbonyl (C=O) groups is 1. The lowest BCUT2D eigenvalue weighted by molar-refractivity contribution is 0.102. The van der Waals surface area contributed by atoms with Crippen molar-refractivity contribution in [1.29, 1.82) is 0 Å². The Bertz CT molecular complexity index is 602. The van der Waals surface area contributed by atoms with Crippen molar-refractivity contribution in [1.82, 2.24) is 4.98 Å². The minimum absolute atomic E-state index is 0.309. The van der Waals surface area contributed by atoms with Gasteiger partial charge in [0.05, 0.1) is 11.4 Å². The van der Waals surface area contributed by atoms with E-state index in [1.807, 2.05) is 0 Å². The van der Waals surface area contributed by atoms with Gasteiger partial charge in [-0.3, -0.25) is 4.79 Å². The molecule has 0 aliphatic rings. The van der Waals surface area contributed by atoms with Gasteiger partial charge in [-0.2, -0.15) is 0 Å². The van der Waals surface area contributed by atoms with Crippen molar-refractivity contribution in [3.8, 4) is 0 Å². The first kappa shape index (κ1) is 13.0. The Morgan fingerprint density at radius 3 is 2.72 bits per heavy atom. The van der Waals surface area contributed by atoms with Crippen LogP contribution in [0.25, 0.3) is 0 Å². The summed E-state index contributed by atoms with van der Waals surface area (Å²) in [6.45, 7) is 0. The van der Waals surface area contributed by atoms with Gasteiger partial charge in [0.25, 0.3) is 5.91 Å². The zero-order chi connectivity index (χ0) is 13.1. The molecule has 18 heavy (non-hydrogen) atoms. The van der Waals surface area contributed by atoms with Gasteiger partial charge in [-0.25, -0.2) is 4.98 Å². The number of hydrogen-bond donors (Lipinski definition) is 2. The second-order valence-corrected chi connectivity index (χ2v) is 5.29. The second kappa shape index (κ2) is 5.49. The van der Waals surface area contributed by atoms with Gasteiger partial charge in [0, 0.05) is 15.1 Å². The fraction of sp³-hybridized carbons (Fsp3) is 0. The summed E-state index contributed by atoms with van der Waals surface area (Å²) >= 11 is 6.58. The molecule has 4 nitrogen and oxygen atoms in total. The molecule has 0 fully saturated rings. The number of amides is 1. The van der Waals surface area contributed by atoms with Crippen LogP contribution < -0.4 is 11.1 Å². The van der Waals surface area contributed by atoms with E-state index in [4.69, 9.17) is 5.73 Å². The number of anilines is 2. The molecule has 1 aromatic heterocycles. The van der Waals surface area contributed by atoms with Gasteiger partial charge in [0.2, 0.25) is 0 Å². The number of nitrogens with one attached hydrogen (secondary N) is 1. The van der Waals surface area contributed by atoms with Crippen LogP contribution in [0, 0.1) is 0 Å². The summed E-state index contributed by atoms with van der Waals surface area (Å²) in [6.07, 6.45) is 1.56. The molecule has 2 aromatic rings. The van der Waals surface area contributed by atoms with Gasteiger partial charge in [0.1, 0.15) is 5.69 Å². The van der Waals surface area contributed by atoms with Gasteiger partial charge in [0.15, 0.2) is 0 Å². The lowest BCUT2D eigenvalue weighted by Gasteiger charge is -2.08. The molecule has 1 aromatic carbocycles. The van der Waals surface area contributed by atoms with Crippen molar-refractivity contribution in [2.45, 2.75) is 0 Å². The first-order valence-corrected chi connectivity index (χ1v) is 6.63. The molecule has 3 N–H and O–H groups in total. The Morgan fingerprint density at radius 2 is 2.06 bits per heavy atom. The molecule has 0 bridgehead atoms. The van der Waals surface area contributed by atoms with Crippen LogP contribution in [-0.2, 0) is 0 Å². The highest BCUT2D eigenvalue weighted by Gasteiger charge is 2.12. The standard InChI is InChI=1S/C12H9Br2N3O/c13-7-3-4-10(9(15)6-7)17-12(18)11-8(14)2-1-5-16-11/h1-6H,15H2,(H,17,18). The minimum atomic E-state index is -0.309. The lowest BCUT2D eigenvalue weighted by atomic mass is 10.2. The topological polar surface area (TPSA) is 68.0 Å². The number of nitrogen functional groups attached to an aromatic ring is 1. The molecule has 0 saturated carbocycles. The molecule has 0 radical (unpaired) electrons. The number of nitrogens with two attached hydrogens (primary N) is 1. The number of rotatable bonds is 2. The molecular formula is C12H9Br2N3O. The molecule has 0 unspecified atom stereocenters. The van der Waals surface area contributed by atoms with Crippen LogP contribution in [0.2, 0.25) is 0 Å². The molecular weight excluding hydrogens is 362 g/mol. The molecule has 0 spiro atoms. The summed E-state index contributed by atoms with van der Waals surface area (Å²) in [7, 11) is 0. The van der Waals surface area contributed by atoms with E-state index in [1.165, 1.54) is 0 Å². The number of nitrogens with zero attached hydrogens (tertiary/aromatic N) is 1. The van der Waals surface area contributed by atoms with Crippen LogP contribution >= 0.6 is 31.9 Å². The van der Waals surface area contributed by atoms with Gasteiger partial charge >= 0.3 is 0 Å². The summed E-state index contributed by atoms with van der Waals surface area (Å²) in [5.74, 6) is -0.309. The van der Waals surface area contributed by atoms with E-state index in [9.17, 15) is 4.79 Å². The largest absolute Gasteiger partial charge is 0.397 e. The molecule has 0 aliphatic heterocycles. The van der Waals surface area contributed by atoms with E-state index in [2.05, 4.69) is 42.2 Å². The normalized spacial score (nSPS) is 10.1. The van der Waals surface area contributed by atoms with Crippen LogP contribution in [0.3, 0.4) is 0 Å². The first-order valence-electron chi connectivity index (χ1n) is 5.05. The summed E-state index contributed by atoms with van der Waals surface area (Å²) < 4.78 is 1.50. The Kier molecular flexibility index (Phi) is 3.98. The van der Waals surface area contributed by atoms with Gasteiger partial charge in [-0.05, 0) is 46.3 Å². The van der Waals surface area contributed by atoms with Crippen molar-refractivity contribution in [2.24, 2.45) is 0 Å². The Labute approximate surface area is 121 Å². The Balaban J connectivity index is 2.24. The van der Waals surface area contributed by atoms with Crippen molar-refractivity contribution >= 4 is 49.1 Å². The van der Waals surface area contributed by atoms with E-state index < -0.39 is 0 Å². The first-order chi connectivity index (χ1) is 8.58. The number of carbonyl (C=O) groups excluding carboxylic acids is 1. The number of aromatic nitrogens is 1. The van der Waals surface area contributed by atoms with Crippen LogP contribution in [0.15, 0.2) is 45.5 Å². The summed E-state index contributed by atoms with van der Waals surface area (Å²) in [4.78, 5) is 16.0. The molecule has 1 heterocycles. The van der Waals surface area contributed by atoms with E-state index >= 15 is 0 Å². The third kappa shape index (κ3) is 2.88. The predicted octanol–water partition coefficient (Wildman–Crippen LogP) is 3.44. The molecule has 1 amide bonds. The fourth-order valence-electron chi connectivity index (χ4n) is 1.38. The maximum absolute atomic E-state index is 12.0. The lowest BCUT2D eigenvalue weighted by Crippen LogP contribution is -2.15. The SMILES string of the molecule is Nc1cc(Br)ccc1NC(=O)c1ncccc1Br. The van der Waals surface area contributed by atoms with E-state index in [1.54, 1.807) is 36.5 Å². The number of pyridine rings is 1. The van der Waals surface area contributed by atoms with Crippen LogP contribution in [-0.4, -0.2) is 10.9 Å². The van der Waals surface area contributed by atoms with Crippen molar-refractivity contribution < 1.29 is 4.79 Å². The fourth-order valence-corrected chi connectivity index (χ4v) is 2.20. The number of hydrogen-bond acceptors (Lipinski definition) is 3. The van der Waals surface area contributed by atoms with Gasteiger partial charge in [-0.1, -0.05) is 15.9 Å². The predicted molar refractivity (Wildman–Crippen MR) is 78.4 cm³/mol. The highest BCUT2D eigenvalue weighted by Crippen LogP contribution is 2.24. The third-order valence-corrected chi connectivity index (χ3v) is 3.37. The van der Waals surface area contributed by atoms with Crippen LogP contribution in [0.4, 0.5) is 11.4 Å². The maximum Gasteiger partial charge on any atom is 0.275 e. The molecule has 2 rings (SSSR count).